The lowest BCUT2D eigenvalue weighted by Gasteiger charge is -2.14. The van der Waals surface area contributed by atoms with E-state index in [-0.39, 0.29) is 17.8 Å². The molecule has 1 atom stereocenters. The van der Waals surface area contributed by atoms with Crippen LogP contribution >= 0.6 is 11.3 Å². The van der Waals surface area contributed by atoms with Crippen molar-refractivity contribution in [2.75, 3.05) is 0 Å². The van der Waals surface area contributed by atoms with Gasteiger partial charge in [0, 0.05) is 29.4 Å². The van der Waals surface area contributed by atoms with E-state index < -0.39 is 18.0 Å². The highest BCUT2D eigenvalue weighted by Crippen LogP contribution is 1.99. The summed E-state index contributed by atoms with van der Waals surface area (Å²) in [5.41, 5.74) is 1.16. The van der Waals surface area contributed by atoms with Gasteiger partial charge in [-0.25, -0.2) is 14.6 Å². The molecule has 2 aromatic rings. The van der Waals surface area contributed by atoms with Crippen molar-refractivity contribution in [3.63, 3.8) is 0 Å². The molecule has 0 aliphatic carbocycles. The molecule has 0 saturated carbocycles. The Kier molecular flexibility index (Phi) is 4.72. The monoisotopic (exact) mass is 311 g/mol. The SMILES string of the molecule is O=C(NCc1csc(=O)[nH]1)NC(Cc1cnc[nH]1)C(=O)O. The molecule has 0 fully saturated rings. The van der Waals surface area contributed by atoms with Crippen molar-refractivity contribution >= 4 is 23.3 Å². The molecule has 0 aromatic carbocycles. The van der Waals surface area contributed by atoms with Crippen LogP contribution in [0.2, 0.25) is 0 Å². The summed E-state index contributed by atoms with van der Waals surface area (Å²) >= 11 is 0.990. The molecule has 5 N–H and O–H groups in total. The number of carboxylic acids is 1. The maximum atomic E-state index is 11.7. The summed E-state index contributed by atoms with van der Waals surface area (Å²) in [7, 11) is 0. The predicted octanol–water partition coefficient (Wildman–Crippen LogP) is -0.345. The van der Waals surface area contributed by atoms with Gasteiger partial charge in [0.05, 0.1) is 12.9 Å². The summed E-state index contributed by atoms with van der Waals surface area (Å²) in [5, 5.41) is 15.5. The summed E-state index contributed by atoms with van der Waals surface area (Å²) in [4.78, 5) is 42.6. The van der Waals surface area contributed by atoms with Crippen LogP contribution in [-0.4, -0.2) is 38.1 Å². The number of aliphatic carboxylic acids is 1. The van der Waals surface area contributed by atoms with E-state index in [2.05, 4.69) is 25.6 Å². The Morgan fingerprint density at radius 2 is 2.24 bits per heavy atom. The summed E-state index contributed by atoms with van der Waals surface area (Å²) in [6.07, 6.45) is 3.02. The van der Waals surface area contributed by atoms with Crippen LogP contribution in [0.15, 0.2) is 22.7 Å². The zero-order chi connectivity index (χ0) is 15.2. The van der Waals surface area contributed by atoms with Gasteiger partial charge < -0.3 is 25.7 Å². The zero-order valence-electron chi connectivity index (χ0n) is 10.8. The van der Waals surface area contributed by atoms with E-state index >= 15 is 0 Å². The number of carboxylic acid groups (broad SMARTS) is 1. The van der Waals surface area contributed by atoms with Crippen LogP contribution in [0, 0.1) is 0 Å². The first-order valence-corrected chi connectivity index (χ1v) is 6.83. The van der Waals surface area contributed by atoms with Gasteiger partial charge in [-0.05, 0) is 0 Å². The van der Waals surface area contributed by atoms with Crippen molar-refractivity contribution in [3.8, 4) is 0 Å². The van der Waals surface area contributed by atoms with E-state index in [0.29, 0.717) is 11.4 Å². The molecule has 112 valence electrons. The smallest absolute Gasteiger partial charge is 0.326 e. The van der Waals surface area contributed by atoms with Crippen LogP contribution in [0.4, 0.5) is 4.79 Å². The highest BCUT2D eigenvalue weighted by molar-refractivity contribution is 7.07. The molecule has 21 heavy (non-hydrogen) atoms. The van der Waals surface area contributed by atoms with Gasteiger partial charge in [0.1, 0.15) is 6.04 Å². The predicted molar refractivity (Wildman–Crippen MR) is 74.0 cm³/mol. The van der Waals surface area contributed by atoms with Crippen LogP contribution in [0.25, 0.3) is 0 Å². The van der Waals surface area contributed by atoms with Crippen LogP contribution in [0.1, 0.15) is 11.4 Å². The average molecular weight is 311 g/mol. The lowest BCUT2D eigenvalue weighted by molar-refractivity contribution is -0.139. The minimum atomic E-state index is -1.15. The number of carbonyl (C=O) groups excluding carboxylic acids is 1. The first kappa shape index (κ1) is 14.8. The number of amides is 2. The highest BCUT2D eigenvalue weighted by atomic mass is 32.1. The largest absolute Gasteiger partial charge is 0.480 e. The van der Waals surface area contributed by atoms with E-state index in [1.54, 1.807) is 5.38 Å². The van der Waals surface area contributed by atoms with Crippen LogP contribution in [0.3, 0.4) is 0 Å². The van der Waals surface area contributed by atoms with Crippen molar-refractivity contribution in [2.45, 2.75) is 19.0 Å². The van der Waals surface area contributed by atoms with Crippen LogP contribution in [-0.2, 0) is 17.8 Å². The molecular formula is C11H13N5O4S. The number of rotatable bonds is 6. The number of aromatic nitrogens is 3. The first-order valence-electron chi connectivity index (χ1n) is 5.95. The van der Waals surface area contributed by atoms with E-state index in [1.165, 1.54) is 12.5 Å². The van der Waals surface area contributed by atoms with Gasteiger partial charge in [-0.1, -0.05) is 11.3 Å². The van der Waals surface area contributed by atoms with Gasteiger partial charge >= 0.3 is 16.9 Å². The molecular weight excluding hydrogens is 298 g/mol. The molecule has 2 rings (SSSR count). The Labute approximate surface area is 122 Å². The maximum absolute atomic E-state index is 11.7. The Morgan fingerprint density at radius 3 is 2.81 bits per heavy atom. The molecule has 9 nitrogen and oxygen atoms in total. The number of nitrogens with zero attached hydrogens (tertiary/aromatic N) is 1. The summed E-state index contributed by atoms with van der Waals surface area (Å²) in [6.45, 7) is 0.112. The number of hydrogen-bond donors (Lipinski definition) is 5. The third-order valence-electron chi connectivity index (χ3n) is 2.59. The summed E-state index contributed by atoms with van der Waals surface area (Å²) in [5.74, 6) is -1.15. The van der Waals surface area contributed by atoms with Crippen LogP contribution in [0.5, 0.6) is 0 Å². The molecule has 0 bridgehead atoms. The van der Waals surface area contributed by atoms with Crippen molar-refractivity contribution in [1.29, 1.82) is 0 Å². The molecule has 10 heteroatoms. The first-order chi connectivity index (χ1) is 10.0. The molecule has 2 aromatic heterocycles. The van der Waals surface area contributed by atoms with Crippen molar-refractivity contribution < 1.29 is 14.7 Å². The number of hydrogen-bond acceptors (Lipinski definition) is 5. The lowest BCUT2D eigenvalue weighted by atomic mass is 10.2. The fourth-order valence-electron chi connectivity index (χ4n) is 1.60. The van der Waals surface area contributed by atoms with Gasteiger partial charge in [-0.15, -0.1) is 0 Å². The molecule has 0 aliphatic rings. The fourth-order valence-corrected chi connectivity index (χ4v) is 2.18. The van der Waals surface area contributed by atoms with Gasteiger partial charge in [-0.2, -0.15) is 0 Å². The molecule has 2 heterocycles. The summed E-state index contributed by atoms with van der Waals surface area (Å²) in [6, 6.07) is -1.71. The van der Waals surface area contributed by atoms with Crippen molar-refractivity contribution in [1.82, 2.24) is 25.6 Å². The third-order valence-corrected chi connectivity index (χ3v) is 3.31. The average Bonchev–Trinajstić information content (AvgIpc) is 3.07. The number of urea groups is 1. The van der Waals surface area contributed by atoms with E-state index in [0.717, 1.165) is 11.3 Å². The zero-order valence-corrected chi connectivity index (χ0v) is 11.6. The number of imidazole rings is 1. The standard InChI is InChI=1S/C11H13N5O4S/c17-9(18)8(1-6-2-12-5-14-6)16-10(19)13-3-7-4-21-11(20)15-7/h2,4-5,8H,1,3H2,(H,12,14)(H,15,20)(H,17,18)(H2,13,16,19). The topological polar surface area (TPSA) is 140 Å². The number of thiazole rings is 1. The van der Waals surface area contributed by atoms with Crippen molar-refractivity contribution in [2.24, 2.45) is 0 Å². The lowest BCUT2D eigenvalue weighted by Crippen LogP contribution is -2.47. The van der Waals surface area contributed by atoms with Gasteiger partial charge in [0.15, 0.2) is 0 Å². The molecule has 0 radical (unpaired) electrons. The molecule has 1 unspecified atom stereocenters. The molecule has 0 saturated heterocycles. The highest BCUT2D eigenvalue weighted by Gasteiger charge is 2.20. The third kappa shape index (κ3) is 4.45. The molecule has 0 spiro atoms. The number of aromatic amines is 2. The number of nitrogens with one attached hydrogen (secondary N) is 4. The number of carbonyl (C=O) groups is 2. The fraction of sp³-hybridized carbons (Fsp3) is 0.273. The van der Waals surface area contributed by atoms with Crippen molar-refractivity contribution in [3.05, 3.63) is 39.0 Å². The second-order valence-corrected chi connectivity index (χ2v) is 5.01. The normalized spacial score (nSPS) is 11.8. The second-order valence-electron chi connectivity index (χ2n) is 4.17. The molecule has 0 aliphatic heterocycles. The Balaban J connectivity index is 1.86. The Hall–Kier alpha value is -2.62. The second kappa shape index (κ2) is 6.70. The minimum absolute atomic E-state index is 0.0953. The van der Waals surface area contributed by atoms with Gasteiger partial charge in [0.25, 0.3) is 0 Å². The summed E-state index contributed by atoms with van der Waals surface area (Å²) < 4.78 is 0. The van der Waals surface area contributed by atoms with E-state index in [1.807, 2.05) is 0 Å². The van der Waals surface area contributed by atoms with Gasteiger partial charge in [0.2, 0.25) is 0 Å². The van der Waals surface area contributed by atoms with E-state index in [4.69, 9.17) is 5.11 Å². The Morgan fingerprint density at radius 1 is 1.43 bits per heavy atom. The number of H-pyrrole nitrogens is 2. The maximum Gasteiger partial charge on any atom is 0.326 e. The van der Waals surface area contributed by atoms with E-state index in [9.17, 15) is 14.4 Å². The Bertz CT molecular complexity index is 662. The molecule has 2 amide bonds. The van der Waals surface area contributed by atoms with Gasteiger partial charge in [-0.3, -0.25) is 4.79 Å². The minimum Gasteiger partial charge on any atom is -0.480 e. The van der Waals surface area contributed by atoms with Crippen LogP contribution < -0.4 is 15.5 Å². The quantitative estimate of drug-likeness (QED) is 0.496.